The fourth-order valence-corrected chi connectivity index (χ4v) is 9.30. The third kappa shape index (κ3) is 60.5. The summed E-state index contributed by atoms with van der Waals surface area (Å²) in [5.41, 5.74) is 0. The van der Waals surface area contributed by atoms with Crippen LogP contribution in [-0.2, 0) is 33.3 Å². The smallest absolute Gasteiger partial charge is 0.361 e. The lowest BCUT2D eigenvalue weighted by atomic mass is 10.0. The van der Waals surface area contributed by atoms with Crippen LogP contribution in [0.2, 0.25) is 0 Å². The second kappa shape index (κ2) is 59.1. The molecule has 0 aliphatic heterocycles. The Bertz CT molecular complexity index is 1450. The Balaban J connectivity index is 4.12. The van der Waals surface area contributed by atoms with Crippen molar-refractivity contribution in [2.75, 3.05) is 47.5 Å². The first-order valence-corrected chi connectivity index (χ1v) is 32.5. The predicted molar refractivity (Wildman–Crippen MR) is 327 cm³/mol. The maximum atomic E-state index is 12.9. The van der Waals surface area contributed by atoms with Gasteiger partial charge in [-0.3, -0.25) is 9.59 Å². The number of quaternary nitrogens is 1. The number of rotatable bonds is 60. The molecule has 0 aromatic carbocycles. The number of hydrogen-bond acceptors (Lipinski definition) is 7. The largest absolute Gasteiger partial charge is 0.477 e. The van der Waals surface area contributed by atoms with E-state index in [1.807, 2.05) is 21.1 Å². The molecule has 2 atom stereocenters. The average Bonchev–Trinajstić information content (AvgIpc) is 3.40. The van der Waals surface area contributed by atoms with E-state index < -0.39 is 24.3 Å². The predicted octanol–water partition coefficient (Wildman–Crippen LogP) is 19.6. The molecule has 448 valence electrons. The number of aliphatic carboxylic acids is 1. The number of carboxylic acid groups (broad SMARTS) is 1. The van der Waals surface area contributed by atoms with Crippen molar-refractivity contribution in [3.05, 3.63) is 60.8 Å². The lowest BCUT2D eigenvalue weighted by Gasteiger charge is -2.25. The van der Waals surface area contributed by atoms with E-state index in [1.54, 1.807) is 0 Å². The minimum Gasteiger partial charge on any atom is -0.477 e. The number of carbonyl (C=O) groups excluding carboxylic acids is 2. The topological polar surface area (TPSA) is 108 Å². The van der Waals surface area contributed by atoms with E-state index in [-0.39, 0.29) is 32.2 Å². The van der Waals surface area contributed by atoms with Crippen LogP contribution in [0.5, 0.6) is 0 Å². The van der Waals surface area contributed by atoms with Crippen LogP contribution >= 0.6 is 0 Å². The summed E-state index contributed by atoms with van der Waals surface area (Å²) >= 11 is 0. The third-order valence-corrected chi connectivity index (χ3v) is 14.3. The average molecular weight is 1080 g/mol. The summed E-state index contributed by atoms with van der Waals surface area (Å²) in [6, 6.07) is 0. The maximum Gasteiger partial charge on any atom is 0.361 e. The zero-order chi connectivity index (χ0) is 56.2. The van der Waals surface area contributed by atoms with E-state index in [2.05, 4.69) is 74.6 Å². The molecule has 9 nitrogen and oxygen atoms in total. The Morgan fingerprint density at radius 3 is 1.12 bits per heavy atom. The van der Waals surface area contributed by atoms with Gasteiger partial charge in [-0.05, 0) is 77.0 Å². The van der Waals surface area contributed by atoms with Gasteiger partial charge in [0.15, 0.2) is 6.10 Å². The fraction of sp³-hybridized carbons (Fsp3) is 0.809. The van der Waals surface area contributed by atoms with Gasteiger partial charge in [0.1, 0.15) is 13.2 Å². The molecule has 0 heterocycles. The summed E-state index contributed by atoms with van der Waals surface area (Å²) < 4.78 is 23.0. The lowest BCUT2D eigenvalue weighted by molar-refractivity contribution is -0.870. The summed E-state index contributed by atoms with van der Waals surface area (Å²) in [4.78, 5) is 37.5. The number of nitrogens with zero attached hydrogens (tertiary/aromatic N) is 1. The second-order valence-electron chi connectivity index (χ2n) is 23.0. The summed E-state index contributed by atoms with van der Waals surface area (Å²) in [7, 11) is 5.98. The van der Waals surface area contributed by atoms with Crippen molar-refractivity contribution >= 4 is 17.9 Å². The van der Waals surface area contributed by atoms with E-state index in [9.17, 15) is 19.5 Å². The molecule has 0 aromatic heterocycles. The van der Waals surface area contributed by atoms with E-state index in [4.69, 9.17) is 18.9 Å². The van der Waals surface area contributed by atoms with Crippen LogP contribution in [0.15, 0.2) is 60.8 Å². The van der Waals surface area contributed by atoms with Gasteiger partial charge in [-0.25, -0.2) is 4.79 Å². The third-order valence-electron chi connectivity index (χ3n) is 14.3. The van der Waals surface area contributed by atoms with Gasteiger partial charge in [-0.2, -0.15) is 0 Å². The van der Waals surface area contributed by atoms with Crippen LogP contribution in [0.3, 0.4) is 0 Å². The fourth-order valence-electron chi connectivity index (χ4n) is 9.30. The van der Waals surface area contributed by atoms with Gasteiger partial charge in [-0.1, -0.05) is 267 Å². The number of esters is 2. The van der Waals surface area contributed by atoms with Gasteiger partial charge in [0, 0.05) is 12.8 Å². The second-order valence-corrected chi connectivity index (χ2v) is 23.0. The number of carbonyl (C=O) groups is 3. The van der Waals surface area contributed by atoms with Crippen LogP contribution in [0, 0.1) is 0 Å². The molecule has 0 rings (SSSR count). The Kier molecular flexibility index (Phi) is 56.8. The van der Waals surface area contributed by atoms with Crippen molar-refractivity contribution in [2.45, 2.75) is 309 Å². The van der Waals surface area contributed by atoms with Crippen LogP contribution in [0.4, 0.5) is 0 Å². The Labute approximate surface area is 475 Å². The zero-order valence-corrected chi connectivity index (χ0v) is 51.1. The number of likely N-dealkylation sites (N-methyl/N-ethyl adjacent to an activating group) is 1. The molecule has 9 heteroatoms. The quantitative estimate of drug-likeness (QED) is 0.0211. The van der Waals surface area contributed by atoms with Crippen LogP contribution in [0.25, 0.3) is 0 Å². The Hall–Kier alpha value is -3.01. The number of allylic oxidation sites excluding steroid dienone is 10. The van der Waals surface area contributed by atoms with E-state index in [0.29, 0.717) is 17.4 Å². The standard InChI is InChI=1S/C68H123NO8/c1-6-8-10-12-14-16-18-20-22-24-26-28-29-30-31-32-33-34-35-36-37-39-41-43-45-47-49-51-53-55-57-59-66(71)77-64(63-76-68(67(72)73)74-61-60-69(3,4)5)62-75-65(70)58-56-54-52-50-48-46-44-42-40-38-27-25-23-21-19-17-15-13-11-9-7-2/h8,10,14,16,20,22,25-28,64,68H,6-7,9,11-13,15,17-19,21,23-24,29-63H2,1-5H3/p+1/b10-8-,16-14-,22-20-,27-25-,28-26-. The summed E-state index contributed by atoms with van der Waals surface area (Å²) in [6.45, 7) is 4.80. The summed E-state index contributed by atoms with van der Waals surface area (Å²) in [5, 5.41) is 9.73. The van der Waals surface area contributed by atoms with Crippen molar-refractivity contribution in [3.8, 4) is 0 Å². The van der Waals surface area contributed by atoms with Crippen molar-refractivity contribution in [1.29, 1.82) is 0 Å². The lowest BCUT2D eigenvalue weighted by Crippen LogP contribution is -2.40. The van der Waals surface area contributed by atoms with E-state index in [0.717, 1.165) is 64.2 Å². The highest BCUT2D eigenvalue weighted by Gasteiger charge is 2.25. The highest BCUT2D eigenvalue weighted by Crippen LogP contribution is 2.17. The summed E-state index contributed by atoms with van der Waals surface area (Å²) in [5.74, 6) is -1.99. The van der Waals surface area contributed by atoms with Gasteiger partial charge in [0.25, 0.3) is 6.29 Å². The molecule has 77 heavy (non-hydrogen) atoms. The molecule has 0 amide bonds. The molecule has 0 saturated heterocycles. The molecule has 0 aromatic rings. The zero-order valence-electron chi connectivity index (χ0n) is 51.1. The molecule has 1 N–H and O–H groups in total. The Morgan fingerprint density at radius 2 is 0.740 bits per heavy atom. The molecule has 0 radical (unpaired) electrons. The minimum atomic E-state index is -1.51. The Morgan fingerprint density at radius 1 is 0.403 bits per heavy atom. The highest BCUT2D eigenvalue weighted by atomic mass is 16.7. The van der Waals surface area contributed by atoms with Crippen molar-refractivity contribution < 1.29 is 42.9 Å². The SMILES string of the molecule is CC/C=C\C/C=C\C/C=C\C/C=C\CCCCCCCCCCCCCCCCCCCCC(=O)OC(COC(=O)CCCCCCCCCCC/C=C\CCCCCCCCCC)COC(OCC[N+](C)(C)C)C(=O)O. The molecule has 2 unspecified atom stereocenters. The van der Waals surface area contributed by atoms with Crippen LogP contribution < -0.4 is 0 Å². The van der Waals surface area contributed by atoms with Gasteiger partial charge < -0.3 is 28.5 Å². The van der Waals surface area contributed by atoms with Crippen molar-refractivity contribution in [3.63, 3.8) is 0 Å². The molecule has 0 bridgehead atoms. The molecular weight excluding hydrogens is 959 g/mol. The van der Waals surface area contributed by atoms with E-state index in [1.165, 1.54) is 205 Å². The maximum absolute atomic E-state index is 12.9. The number of hydrogen-bond donors (Lipinski definition) is 1. The molecular formula is C68H124NO8+. The molecule has 0 saturated carbocycles. The molecule has 0 aliphatic rings. The van der Waals surface area contributed by atoms with Gasteiger partial charge in [0.2, 0.25) is 0 Å². The highest BCUT2D eigenvalue weighted by molar-refractivity contribution is 5.71. The number of unbranched alkanes of at least 4 members (excludes halogenated alkanes) is 35. The number of ether oxygens (including phenoxy) is 4. The van der Waals surface area contributed by atoms with Crippen molar-refractivity contribution in [1.82, 2.24) is 0 Å². The van der Waals surface area contributed by atoms with Crippen LogP contribution in [-0.4, -0.2) is 87.4 Å². The molecule has 0 aliphatic carbocycles. The molecule has 0 spiro atoms. The van der Waals surface area contributed by atoms with Gasteiger partial charge >= 0.3 is 17.9 Å². The van der Waals surface area contributed by atoms with Gasteiger partial charge in [0.05, 0.1) is 34.4 Å². The first-order valence-electron chi connectivity index (χ1n) is 32.5. The summed E-state index contributed by atoms with van der Waals surface area (Å²) in [6.07, 6.45) is 73.2. The number of carboxylic acids is 1. The molecule has 0 fully saturated rings. The van der Waals surface area contributed by atoms with E-state index >= 15 is 0 Å². The van der Waals surface area contributed by atoms with Crippen LogP contribution in [0.1, 0.15) is 296 Å². The first-order chi connectivity index (χ1) is 37.6. The first kappa shape index (κ1) is 74.0. The normalized spacial score (nSPS) is 13.1. The van der Waals surface area contributed by atoms with Gasteiger partial charge in [-0.15, -0.1) is 0 Å². The minimum absolute atomic E-state index is 0.181. The monoisotopic (exact) mass is 1080 g/mol. The van der Waals surface area contributed by atoms with Crippen molar-refractivity contribution in [2.24, 2.45) is 0 Å².